The van der Waals surface area contributed by atoms with Crippen LogP contribution in [0.4, 0.5) is 0 Å². The van der Waals surface area contributed by atoms with Crippen LogP contribution in [0.25, 0.3) is 55.8 Å². The van der Waals surface area contributed by atoms with Crippen molar-refractivity contribution in [1.29, 1.82) is 0 Å². The first kappa shape index (κ1) is 20.7. The van der Waals surface area contributed by atoms with Gasteiger partial charge in [0.05, 0.1) is 6.26 Å². The van der Waals surface area contributed by atoms with Crippen molar-refractivity contribution < 1.29 is 4.42 Å². The maximum absolute atomic E-state index is 6.14. The van der Waals surface area contributed by atoms with Crippen LogP contribution in [-0.2, 0) is 6.42 Å². The van der Waals surface area contributed by atoms with E-state index in [0.717, 1.165) is 12.2 Å². The Balaban J connectivity index is 1.74. The highest BCUT2D eigenvalue weighted by Crippen LogP contribution is 2.55. The van der Waals surface area contributed by atoms with Crippen LogP contribution in [0.2, 0.25) is 0 Å². The monoisotopic (exact) mass is 460 g/mol. The lowest BCUT2D eigenvalue weighted by Crippen LogP contribution is -2.00. The molecule has 1 aliphatic rings. The van der Waals surface area contributed by atoms with Gasteiger partial charge in [0.2, 0.25) is 0 Å². The third-order valence-electron chi connectivity index (χ3n) is 7.21. The molecular formula is C35H24O. The van der Waals surface area contributed by atoms with Gasteiger partial charge in [-0.05, 0) is 68.6 Å². The fourth-order valence-electron chi connectivity index (χ4n) is 5.76. The van der Waals surface area contributed by atoms with Gasteiger partial charge in [0.15, 0.2) is 0 Å². The van der Waals surface area contributed by atoms with E-state index < -0.39 is 0 Å². The van der Waals surface area contributed by atoms with E-state index in [0.29, 0.717) is 0 Å². The number of rotatable bonds is 4. The lowest BCUT2D eigenvalue weighted by Gasteiger charge is -2.24. The van der Waals surface area contributed by atoms with E-state index >= 15 is 0 Å². The molecule has 1 aliphatic carbocycles. The van der Waals surface area contributed by atoms with Crippen molar-refractivity contribution >= 4 is 0 Å². The van der Waals surface area contributed by atoms with Gasteiger partial charge in [-0.15, -0.1) is 0 Å². The topological polar surface area (TPSA) is 13.1 Å². The van der Waals surface area contributed by atoms with Gasteiger partial charge >= 0.3 is 0 Å². The molecule has 0 amide bonds. The van der Waals surface area contributed by atoms with Crippen LogP contribution in [0, 0.1) is 0 Å². The Morgan fingerprint density at radius 1 is 0.417 bits per heavy atom. The molecule has 0 atom stereocenters. The van der Waals surface area contributed by atoms with Gasteiger partial charge in [0.25, 0.3) is 0 Å². The third-order valence-corrected chi connectivity index (χ3v) is 7.21. The highest BCUT2D eigenvalue weighted by molar-refractivity contribution is 6.10. The summed E-state index contributed by atoms with van der Waals surface area (Å²) in [5.41, 5.74) is 13.9. The van der Waals surface area contributed by atoms with Gasteiger partial charge in [-0.3, -0.25) is 0 Å². The average molecular weight is 461 g/mol. The van der Waals surface area contributed by atoms with E-state index in [1.807, 2.05) is 6.07 Å². The summed E-state index contributed by atoms with van der Waals surface area (Å²) in [5.74, 6) is 0.912. The van der Waals surface area contributed by atoms with E-state index in [1.165, 1.54) is 61.2 Å². The average Bonchev–Trinajstić information content (AvgIpc) is 3.62. The Bertz CT molecular complexity index is 1660. The van der Waals surface area contributed by atoms with Crippen molar-refractivity contribution in [3.05, 3.63) is 145 Å². The zero-order chi connectivity index (χ0) is 23.9. The summed E-state index contributed by atoms with van der Waals surface area (Å²) in [5, 5.41) is 0. The molecule has 0 N–H and O–H groups in total. The standard InChI is InChI=1S/C35H24O/c1-4-13-24(14-5-1)31-32(25-15-6-2-7-16-25)34-28-20-11-10-19-27(28)23-29(34)35(30-21-12-22-36-30)33(31)26-17-8-3-9-18-26/h1-22H,23H2. The fourth-order valence-corrected chi connectivity index (χ4v) is 5.76. The van der Waals surface area contributed by atoms with Crippen LogP contribution in [-0.4, -0.2) is 0 Å². The molecule has 1 heterocycles. The van der Waals surface area contributed by atoms with Gasteiger partial charge in [0.1, 0.15) is 5.76 Å². The van der Waals surface area contributed by atoms with Crippen molar-refractivity contribution in [2.45, 2.75) is 6.42 Å². The molecule has 5 aromatic carbocycles. The van der Waals surface area contributed by atoms with E-state index in [1.54, 1.807) is 6.26 Å². The van der Waals surface area contributed by atoms with E-state index in [4.69, 9.17) is 4.42 Å². The second-order valence-electron chi connectivity index (χ2n) is 9.26. The molecule has 170 valence electrons. The van der Waals surface area contributed by atoms with Crippen LogP contribution >= 0.6 is 0 Å². The van der Waals surface area contributed by atoms with E-state index in [2.05, 4.69) is 121 Å². The molecule has 0 radical (unpaired) electrons. The lowest BCUT2D eigenvalue weighted by molar-refractivity contribution is 0.582. The number of furan rings is 1. The Kier molecular flexibility index (Phi) is 4.92. The molecule has 6 aromatic rings. The molecule has 1 heteroatoms. The largest absolute Gasteiger partial charge is 0.464 e. The fraction of sp³-hybridized carbons (Fsp3) is 0.0286. The SMILES string of the molecule is c1ccc(-c2c(-c3ccco3)c3c(c(-c4ccccc4)c2-c2ccccc2)-c2ccccc2C3)cc1. The predicted molar refractivity (Wildman–Crippen MR) is 149 cm³/mol. The predicted octanol–water partition coefficient (Wildman–Crippen LogP) is 9.52. The summed E-state index contributed by atoms with van der Waals surface area (Å²) in [6.45, 7) is 0. The summed E-state index contributed by atoms with van der Waals surface area (Å²) in [4.78, 5) is 0. The first-order valence-corrected chi connectivity index (χ1v) is 12.4. The number of hydrogen-bond donors (Lipinski definition) is 0. The van der Waals surface area contributed by atoms with Crippen LogP contribution in [0.3, 0.4) is 0 Å². The summed E-state index contributed by atoms with van der Waals surface area (Å²) in [6.07, 6.45) is 2.67. The molecular weight excluding hydrogens is 436 g/mol. The molecule has 0 spiro atoms. The van der Waals surface area contributed by atoms with Crippen LogP contribution in [0.15, 0.2) is 138 Å². The highest BCUT2D eigenvalue weighted by Gasteiger charge is 2.32. The Hall–Kier alpha value is -4.62. The molecule has 0 aliphatic heterocycles. The van der Waals surface area contributed by atoms with Crippen LogP contribution < -0.4 is 0 Å². The minimum absolute atomic E-state index is 0.885. The lowest BCUT2D eigenvalue weighted by atomic mass is 9.78. The quantitative estimate of drug-likeness (QED) is 0.255. The molecule has 0 saturated carbocycles. The summed E-state index contributed by atoms with van der Waals surface area (Å²) in [7, 11) is 0. The minimum Gasteiger partial charge on any atom is -0.464 e. The van der Waals surface area contributed by atoms with E-state index in [9.17, 15) is 0 Å². The second-order valence-corrected chi connectivity index (χ2v) is 9.26. The Morgan fingerprint density at radius 2 is 0.917 bits per heavy atom. The minimum atomic E-state index is 0.885. The molecule has 36 heavy (non-hydrogen) atoms. The summed E-state index contributed by atoms with van der Waals surface area (Å²) >= 11 is 0. The van der Waals surface area contributed by atoms with Gasteiger partial charge in [-0.25, -0.2) is 0 Å². The molecule has 0 bridgehead atoms. The van der Waals surface area contributed by atoms with Gasteiger partial charge in [-0.2, -0.15) is 0 Å². The van der Waals surface area contributed by atoms with E-state index in [-0.39, 0.29) is 0 Å². The van der Waals surface area contributed by atoms with Gasteiger partial charge in [0, 0.05) is 11.1 Å². The zero-order valence-electron chi connectivity index (χ0n) is 19.8. The molecule has 7 rings (SSSR count). The van der Waals surface area contributed by atoms with Crippen molar-refractivity contribution in [3.8, 4) is 55.8 Å². The first-order valence-electron chi connectivity index (χ1n) is 12.4. The molecule has 1 aromatic heterocycles. The van der Waals surface area contributed by atoms with Crippen molar-refractivity contribution in [1.82, 2.24) is 0 Å². The second kappa shape index (κ2) is 8.55. The Labute approximate surface area is 211 Å². The first-order chi connectivity index (χ1) is 17.9. The number of hydrogen-bond acceptors (Lipinski definition) is 1. The van der Waals surface area contributed by atoms with Gasteiger partial charge < -0.3 is 4.42 Å². The molecule has 0 fully saturated rings. The normalized spacial score (nSPS) is 11.8. The van der Waals surface area contributed by atoms with Crippen molar-refractivity contribution in [2.75, 3.05) is 0 Å². The third kappa shape index (κ3) is 3.25. The number of benzene rings is 5. The molecule has 0 saturated heterocycles. The zero-order valence-corrected chi connectivity index (χ0v) is 19.8. The van der Waals surface area contributed by atoms with Gasteiger partial charge in [-0.1, -0.05) is 115 Å². The number of fused-ring (bicyclic) bond motifs is 3. The maximum atomic E-state index is 6.14. The maximum Gasteiger partial charge on any atom is 0.134 e. The smallest absolute Gasteiger partial charge is 0.134 e. The molecule has 0 unspecified atom stereocenters. The van der Waals surface area contributed by atoms with Crippen LogP contribution in [0.1, 0.15) is 11.1 Å². The van der Waals surface area contributed by atoms with Crippen molar-refractivity contribution in [3.63, 3.8) is 0 Å². The van der Waals surface area contributed by atoms with Crippen LogP contribution in [0.5, 0.6) is 0 Å². The van der Waals surface area contributed by atoms with Crippen molar-refractivity contribution in [2.24, 2.45) is 0 Å². The molecule has 1 nitrogen and oxygen atoms in total. The summed E-state index contributed by atoms with van der Waals surface area (Å²) < 4.78 is 6.14. The highest BCUT2D eigenvalue weighted by atomic mass is 16.3. The Morgan fingerprint density at radius 3 is 1.47 bits per heavy atom. The summed E-state index contributed by atoms with van der Waals surface area (Å²) in [6, 6.07) is 45.4.